The van der Waals surface area contributed by atoms with Gasteiger partial charge in [0.2, 0.25) is 0 Å². The van der Waals surface area contributed by atoms with E-state index in [1.165, 1.54) is 10.9 Å². The van der Waals surface area contributed by atoms with E-state index in [4.69, 9.17) is 11.6 Å². The van der Waals surface area contributed by atoms with Crippen LogP contribution in [0.15, 0.2) is 23.3 Å². The summed E-state index contributed by atoms with van der Waals surface area (Å²) in [4.78, 5) is 25.6. The molecule has 0 bridgehead atoms. The van der Waals surface area contributed by atoms with E-state index in [2.05, 4.69) is 10.4 Å². The van der Waals surface area contributed by atoms with Gasteiger partial charge in [0.1, 0.15) is 11.4 Å². The summed E-state index contributed by atoms with van der Waals surface area (Å²) in [6, 6.07) is 0.553. The van der Waals surface area contributed by atoms with Gasteiger partial charge in [-0.3, -0.25) is 14.3 Å². The van der Waals surface area contributed by atoms with Crippen molar-refractivity contribution in [2.75, 3.05) is 5.32 Å². The summed E-state index contributed by atoms with van der Waals surface area (Å²) in [5.74, 6) is -0.825. The monoisotopic (exact) mass is 334 g/mol. The molecule has 0 aliphatic heterocycles. The van der Waals surface area contributed by atoms with Crippen molar-refractivity contribution in [3.8, 4) is 0 Å². The molecule has 0 aliphatic rings. The molecule has 0 aromatic carbocycles. The molecule has 0 fully saturated rings. The SMILES string of the molecule is CCn1ncc(Cl)c1C(=O)Nc1cc(C(F)(F)F)c[nH]c1=O. The number of hydrogen-bond donors (Lipinski definition) is 2. The Bertz CT molecular complexity index is 766. The maximum absolute atomic E-state index is 12.6. The van der Waals surface area contributed by atoms with Gasteiger partial charge in [-0.15, -0.1) is 0 Å². The van der Waals surface area contributed by atoms with Crippen molar-refractivity contribution in [2.24, 2.45) is 0 Å². The van der Waals surface area contributed by atoms with Crippen LogP contribution < -0.4 is 10.9 Å². The highest BCUT2D eigenvalue weighted by molar-refractivity contribution is 6.34. The molecule has 2 aromatic rings. The fourth-order valence-corrected chi connectivity index (χ4v) is 1.98. The maximum atomic E-state index is 12.6. The third-order valence-corrected chi connectivity index (χ3v) is 3.06. The van der Waals surface area contributed by atoms with Gasteiger partial charge < -0.3 is 10.3 Å². The summed E-state index contributed by atoms with van der Waals surface area (Å²) in [5, 5.41) is 5.98. The number of nitrogens with one attached hydrogen (secondary N) is 2. The number of nitrogens with zero attached hydrogens (tertiary/aromatic N) is 2. The van der Waals surface area contributed by atoms with Crippen LogP contribution >= 0.6 is 11.6 Å². The van der Waals surface area contributed by atoms with Crippen LogP contribution in [0.2, 0.25) is 5.02 Å². The molecule has 2 heterocycles. The van der Waals surface area contributed by atoms with Gasteiger partial charge in [-0.05, 0) is 13.0 Å². The molecule has 0 radical (unpaired) electrons. The number of carbonyl (C=O) groups excluding carboxylic acids is 1. The second-order valence-electron chi connectivity index (χ2n) is 4.24. The Labute approximate surface area is 126 Å². The Balaban J connectivity index is 2.36. The lowest BCUT2D eigenvalue weighted by molar-refractivity contribution is -0.137. The lowest BCUT2D eigenvalue weighted by Gasteiger charge is -2.10. The van der Waals surface area contributed by atoms with Crippen LogP contribution in [0.5, 0.6) is 0 Å². The zero-order chi connectivity index (χ0) is 16.5. The van der Waals surface area contributed by atoms with E-state index in [0.717, 1.165) is 0 Å². The van der Waals surface area contributed by atoms with Gasteiger partial charge in [0, 0.05) is 12.7 Å². The maximum Gasteiger partial charge on any atom is 0.417 e. The molecule has 22 heavy (non-hydrogen) atoms. The molecule has 10 heteroatoms. The molecule has 118 valence electrons. The fourth-order valence-electron chi connectivity index (χ4n) is 1.75. The van der Waals surface area contributed by atoms with Crippen LogP contribution in [-0.4, -0.2) is 20.7 Å². The molecule has 2 N–H and O–H groups in total. The van der Waals surface area contributed by atoms with Gasteiger partial charge in [0.15, 0.2) is 0 Å². The second-order valence-corrected chi connectivity index (χ2v) is 4.65. The van der Waals surface area contributed by atoms with Crippen LogP contribution in [0, 0.1) is 0 Å². The molecule has 0 spiro atoms. The number of halogens is 4. The van der Waals surface area contributed by atoms with Crippen molar-refractivity contribution in [1.82, 2.24) is 14.8 Å². The molecule has 2 rings (SSSR count). The van der Waals surface area contributed by atoms with E-state index in [1.807, 2.05) is 4.98 Å². The van der Waals surface area contributed by atoms with E-state index in [1.54, 1.807) is 6.92 Å². The number of aryl methyl sites for hydroxylation is 1. The molecule has 0 saturated heterocycles. The van der Waals surface area contributed by atoms with Crippen LogP contribution in [0.4, 0.5) is 18.9 Å². The molecule has 0 unspecified atom stereocenters. The highest BCUT2D eigenvalue weighted by atomic mass is 35.5. The summed E-state index contributed by atoms with van der Waals surface area (Å²) in [6.45, 7) is 2.03. The van der Waals surface area contributed by atoms with E-state index in [-0.39, 0.29) is 10.7 Å². The van der Waals surface area contributed by atoms with Crippen molar-refractivity contribution in [1.29, 1.82) is 0 Å². The van der Waals surface area contributed by atoms with Crippen molar-refractivity contribution in [2.45, 2.75) is 19.6 Å². The normalized spacial score (nSPS) is 11.5. The number of alkyl halides is 3. The van der Waals surface area contributed by atoms with E-state index in [9.17, 15) is 22.8 Å². The van der Waals surface area contributed by atoms with Crippen molar-refractivity contribution in [3.05, 3.63) is 45.1 Å². The predicted molar refractivity (Wildman–Crippen MR) is 72.9 cm³/mol. The van der Waals surface area contributed by atoms with Gasteiger partial charge in [-0.2, -0.15) is 18.3 Å². The number of rotatable bonds is 3. The molecular weight excluding hydrogens is 325 g/mol. The van der Waals surface area contributed by atoms with Gasteiger partial charge in [-0.1, -0.05) is 11.6 Å². The average Bonchev–Trinajstić information content (AvgIpc) is 2.81. The lowest BCUT2D eigenvalue weighted by atomic mass is 10.2. The first-order valence-electron chi connectivity index (χ1n) is 6.06. The number of hydrogen-bond acceptors (Lipinski definition) is 3. The minimum atomic E-state index is -4.65. The van der Waals surface area contributed by atoms with Crippen LogP contribution in [-0.2, 0) is 12.7 Å². The highest BCUT2D eigenvalue weighted by Gasteiger charge is 2.31. The van der Waals surface area contributed by atoms with Crippen LogP contribution in [0.25, 0.3) is 0 Å². The predicted octanol–water partition coefficient (Wildman–Crippen LogP) is 2.52. The highest BCUT2D eigenvalue weighted by Crippen LogP contribution is 2.29. The van der Waals surface area contributed by atoms with Gasteiger partial charge in [-0.25, -0.2) is 0 Å². The minimum absolute atomic E-state index is 0.0303. The molecule has 2 aromatic heterocycles. The number of aromatic amines is 1. The number of H-pyrrole nitrogens is 1. The third-order valence-electron chi connectivity index (χ3n) is 2.79. The van der Waals surface area contributed by atoms with E-state index in [0.29, 0.717) is 18.8 Å². The lowest BCUT2D eigenvalue weighted by Crippen LogP contribution is -2.23. The molecule has 6 nitrogen and oxygen atoms in total. The fraction of sp³-hybridized carbons (Fsp3) is 0.250. The first-order chi connectivity index (χ1) is 10.2. The smallest absolute Gasteiger partial charge is 0.327 e. The Hall–Kier alpha value is -2.29. The van der Waals surface area contributed by atoms with Gasteiger partial charge in [0.25, 0.3) is 11.5 Å². The van der Waals surface area contributed by atoms with Crippen molar-refractivity contribution < 1.29 is 18.0 Å². The largest absolute Gasteiger partial charge is 0.417 e. The average molecular weight is 335 g/mol. The van der Waals surface area contributed by atoms with Gasteiger partial charge >= 0.3 is 6.18 Å². The summed E-state index contributed by atoms with van der Waals surface area (Å²) in [7, 11) is 0. The summed E-state index contributed by atoms with van der Waals surface area (Å²) >= 11 is 5.82. The summed E-state index contributed by atoms with van der Waals surface area (Å²) < 4.78 is 39.1. The Kier molecular flexibility index (Phi) is 4.27. The van der Waals surface area contributed by atoms with E-state index >= 15 is 0 Å². The van der Waals surface area contributed by atoms with Crippen LogP contribution in [0.3, 0.4) is 0 Å². The minimum Gasteiger partial charge on any atom is -0.327 e. The Morgan fingerprint density at radius 2 is 2.18 bits per heavy atom. The summed E-state index contributed by atoms with van der Waals surface area (Å²) in [5.41, 5.74) is -2.52. The van der Waals surface area contributed by atoms with Crippen LogP contribution in [0.1, 0.15) is 23.0 Å². The zero-order valence-corrected chi connectivity index (χ0v) is 11.9. The molecule has 0 atom stereocenters. The van der Waals surface area contributed by atoms with Crippen molar-refractivity contribution >= 4 is 23.2 Å². The number of anilines is 1. The van der Waals surface area contributed by atoms with E-state index < -0.39 is 28.9 Å². The Morgan fingerprint density at radius 1 is 1.50 bits per heavy atom. The topological polar surface area (TPSA) is 79.8 Å². The number of aromatic nitrogens is 3. The molecule has 0 saturated carbocycles. The zero-order valence-electron chi connectivity index (χ0n) is 11.2. The Morgan fingerprint density at radius 3 is 2.77 bits per heavy atom. The second kappa shape index (κ2) is 5.84. The standard InChI is InChI=1S/C12H10ClF3N4O2/c1-2-20-9(7(13)5-18-20)11(22)19-8-3-6(12(14,15)16)4-17-10(8)21/h3-5H,2H2,1H3,(H,17,21)(H,19,22). The number of carbonyl (C=O) groups is 1. The molecule has 0 aliphatic carbocycles. The molecular formula is C12H10ClF3N4O2. The summed E-state index contributed by atoms with van der Waals surface area (Å²) in [6.07, 6.45) is -2.88. The quantitative estimate of drug-likeness (QED) is 0.905. The molecule has 1 amide bonds. The third kappa shape index (κ3) is 3.14. The first kappa shape index (κ1) is 16.1. The number of amides is 1. The van der Waals surface area contributed by atoms with Gasteiger partial charge in [0.05, 0.1) is 16.8 Å². The van der Waals surface area contributed by atoms with Crippen molar-refractivity contribution in [3.63, 3.8) is 0 Å². The number of pyridine rings is 1. The first-order valence-corrected chi connectivity index (χ1v) is 6.44.